The van der Waals surface area contributed by atoms with Crippen molar-refractivity contribution in [3.63, 3.8) is 0 Å². The van der Waals surface area contributed by atoms with Crippen LogP contribution in [0.25, 0.3) is 0 Å². The number of ether oxygens (including phenoxy) is 2. The second-order valence-electron chi connectivity index (χ2n) is 10.1. The number of nitrogens with one attached hydrogen (secondary N) is 2. The Morgan fingerprint density at radius 1 is 0.778 bits per heavy atom. The molecular formula is C31H28N2O3. The maximum absolute atomic E-state index is 13.1. The Morgan fingerprint density at radius 3 is 2.33 bits per heavy atom. The largest absolute Gasteiger partial charge is 0.456 e. The van der Waals surface area contributed by atoms with Gasteiger partial charge < -0.3 is 20.1 Å². The number of carbonyl (C=O) groups is 1. The van der Waals surface area contributed by atoms with Crippen molar-refractivity contribution in [3.05, 3.63) is 119 Å². The predicted molar refractivity (Wildman–Crippen MR) is 142 cm³/mol. The molecular weight excluding hydrogens is 448 g/mol. The van der Waals surface area contributed by atoms with E-state index in [1.165, 1.54) is 5.56 Å². The number of fused-ring (bicyclic) bond motifs is 6. The zero-order chi connectivity index (χ0) is 24.9. The summed E-state index contributed by atoms with van der Waals surface area (Å²) in [5.74, 6) is 1.01. The molecule has 0 saturated carbocycles. The van der Waals surface area contributed by atoms with Gasteiger partial charge in [0.25, 0.3) is 0 Å². The first-order chi connectivity index (χ1) is 17.4. The van der Waals surface area contributed by atoms with Crippen LogP contribution in [0.5, 0.6) is 11.5 Å². The van der Waals surface area contributed by atoms with Crippen LogP contribution < -0.4 is 15.4 Å². The van der Waals surface area contributed by atoms with E-state index in [9.17, 15) is 4.79 Å². The third kappa shape index (κ3) is 3.51. The molecule has 2 aliphatic heterocycles. The van der Waals surface area contributed by atoms with Crippen molar-refractivity contribution in [1.82, 2.24) is 0 Å². The molecule has 36 heavy (non-hydrogen) atoms. The van der Waals surface area contributed by atoms with Gasteiger partial charge in [-0.25, -0.2) is 4.79 Å². The van der Waals surface area contributed by atoms with Gasteiger partial charge in [-0.15, -0.1) is 0 Å². The Bertz CT molecular complexity index is 1480. The molecule has 0 saturated heterocycles. The fourth-order valence-electron chi connectivity index (χ4n) is 5.45. The van der Waals surface area contributed by atoms with E-state index < -0.39 is 5.60 Å². The first-order valence-corrected chi connectivity index (χ1v) is 12.2. The molecule has 4 aromatic carbocycles. The summed E-state index contributed by atoms with van der Waals surface area (Å²) >= 11 is 0. The number of carbonyl (C=O) groups excluding carboxylic acids is 1. The molecule has 5 nitrogen and oxygen atoms in total. The summed E-state index contributed by atoms with van der Waals surface area (Å²) in [7, 11) is 1.87. The summed E-state index contributed by atoms with van der Waals surface area (Å²) in [5, 5.41) is 6.86. The highest BCUT2D eigenvalue weighted by Crippen LogP contribution is 2.56. The smallest absolute Gasteiger partial charge is 0.340 e. The van der Waals surface area contributed by atoms with Crippen LogP contribution in [0.4, 0.5) is 11.4 Å². The summed E-state index contributed by atoms with van der Waals surface area (Å²) in [4.78, 5) is 13.1. The third-order valence-corrected chi connectivity index (χ3v) is 6.97. The Kier molecular flexibility index (Phi) is 5.04. The minimum atomic E-state index is -1.08. The van der Waals surface area contributed by atoms with Crippen LogP contribution in [0.1, 0.15) is 46.5 Å². The quantitative estimate of drug-likeness (QED) is 0.313. The van der Waals surface area contributed by atoms with E-state index >= 15 is 0 Å². The summed E-state index contributed by atoms with van der Waals surface area (Å²) < 4.78 is 12.7. The number of rotatable bonds is 5. The molecule has 0 aliphatic carbocycles. The average Bonchev–Trinajstić information content (AvgIpc) is 3.17. The molecule has 5 heteroatoms. The predicted octanol–water partition coefficient (Wildman–Crippen LogP) is 6.73. The second kappa shape index (κ2) is 8.16. The van der Waals surface area contributed by atoms with Crippen molar-refractivity contribution in [2.24, 2.45) is 0 Å². The molecule has 4 aromatic rings. The van der Waals surface area contributed by atoms with Gasteiger partial charge in [-0.2, -0.15) is 0 Å². The number of hydrogen-bond donors (Lipinski definition) is 2. The minimum absolute atomic E-state index is 0.206. The van der Waals surface area contributed by atoms with E-state index in [0.717, 1.165) is 34.5 Å². The minimum Gasteiger partial charge on any atom is -0.456 e. The topological polar surface area (TPSA) is 59.6 Å². The standard InChI is InChI=1S/C31H28N2O3/c1-30(2,19-20-9-5-4-6-10-20)33-22-14-16-27-26(17-22)31(24-12-8-7-11-23(24)29(34)36-31)25-15-13-21(32-3)18-28(25)35-27/h4-18,32-33H,19H2,1-3H3. The molecule has 0 radical (unpaired) electrons. The number of benzene rings is 4. The van der Waals surface area contributed by atoms with Crippen molar-refractivity contribution < 1.29 is 14.3 Å². The van der Waals surface area contributed by atoms with Crippen molar-refractivity contribution in [2.45, 2.75) is 31.4 Å². The van der Waals surface area contributed by atoms with Gasteiger partial charge in [-0.05, 0) is 62.2 Å². The van der Waals surface area contributed by atoms with Crippen molar-refractivity contribution in [2.75, 3.05) is 17.7 Å². The van der Waals surface area contributed by atoms with Crippen LogP contribution in [0.2, 0.25) is 0 Å². The van der Waals surface area contributed by atoms with E-state index in [-0.39, 0.29) is 11.5 Å². The molecule has 2 heterocycles. The van der Waals surface area contributed by atoms with Crippen molar-refractivity contribution >= 4 is 17.3 Å². The highest BCUT2D eigenvalue weighted by molar-refractivity contribution is 5.97. The molecule has 0 bridgehead atoms. The molecule has 6 rings (SSSR count). The molecule has 0 fully saturated rings. The number of hydrogen-bond acceptors (Lipinski definition) is 5. The molecule has 0 amide bonds. The highest BCUT2D eigenvalue weighted by Gasteiger charge is 2.53. The van der Waals surface area contributed by atoms with Gasteiger partial charge in [-0.3, -0.25) is 0 Å². The van der Waals surface area contributed by atoms with Crippen molar-refractivity contribution in [1.29, 1.82) is 0 Å². The molecule has 180 valence electrons. The number of esters is 1. The Balaban J connectivity index is 1.47. The Morgan fingerprint density at radius 2 is 1.53 bits per heavy atom. The molecule has 2 aliphatic rings. The van der Waals surface area contributed by atoms with E-state index in [1.807, 2.05) is 67.7 Å². The van der Waals surface area contributed by atoms with Crippen LogP contribution in [-0.4, -0.2) is 18.6 Å². The first-order valence-electron chi connectivity index (χ1n) is 12.2. The first kappa shape index (κ1) is 22.2. The fourth-order valence-corrected chi connectivity index (χ4v) is 5.45. The van der Waals surface area contributed by atoms with Crippen LogP contribution in [0, 0.1) is 0 Å². The summed E-state index contributed by atoms with van der Waals surface area (Å²) in [6.45, 7) is 4.37. The van der Waals surface area contributed by atoms with E-state index in [4.69, 9.17) is 9.47 Å². The molecule has 1 unspecified atom stereocenters. The van der Waals surface area contributed by atoms with Gasteiger partial charge in [0.15, 0.2) is 5.60 Å². The van der Waals surface area contributed by atoms with Gasteiger partial charge in [0, 0.05) is 46.7 Å². The third-order valence-electron chi connectivity index (χ3n) is 6.97. The molecule has 1 atom stereocenters. The number of anilines is 2. The molecule has 0 aromatic heterocycles. The maximum atomic E-state index is 13.1. The van der Waals surface area contributed by atoms with Gasteiger partial charge in [0.1, 0.15) is 11.5 Å². The fraction of sp³-hybridized carbons (Fsp3) is 0.194. The highest BCUT2D eigenvalue weighted by atomic mass is 16.6. The lowest BCUT2D eigenvalue weighted by molar-refractivity contribution is 0.0224. The van der Waals surface area contributed by atoms with Crippen LogP contribution in [0.3, 0.4) is 0 Å². The van der Waals surface area contributed by atoms with Gasteiger partial charge in [-0.1, -0.05) is 48.5 Å². The summed E-state index contributed by atoms with van der Waals surface area (Å²) in [5.41, 5.74) is 4.88. The zero-order valence-corrected chi connectivity index (χ0v) is 20.6. The SMILES string of the molecule is CNc1ccc2c(c1)Oc1ccc(NC(C)(C)Cc3ccccc3)cc1C21OC(=O)c2ccccc21. The average molecular weight is 477 g/mol. The van der Waals surface area contributed by atoms with Crippen molar-refractivity contribution in [3.8, 4) is 11.5 Å². The van der Waals surface area contributed by atoms with E-state index in [2.05, 4.69) is 54.8 Å². The Hall–Kier alpha value is -4.25. The van der Waals surface area contributed by atoms with Gasteiger partial charge in [0.2, 0.25) is 0 Å². The molecule has 2 N–H and O–H groups in total. The van der Waals surface area contributed by atoms with Crippen LogP contribution in [-0.2, 0) is 16.8 Å². The lowest BCUT2D eigenvalue weighted by Crippen LogP contribution is -2.35. The monoisotopic (exact) mass is 476 g/mol. The van der Waals surface area contributed by atoms with Crippen LogP contribution in [0.15, 0.2) is 91.0 Å². The lowest BCUT2D eigenvalue weighted by atomic mass is 9.77. The zero-order valence-electron chi connectivity index (χ0n) is 20.6. The van der Waals surface area contributed by atoms with E-state index in [1.54, 1.807) is 0 Å². The second-order valence-corrected chi connectivity index (χ2v) is 10.1. The summed E-state index contributed by atoms with van der Waals surface area (Å²) in [6, 6.07) is 30.0. The van der Waals surface area contributed by atoms with Crippen LogP contribution >= 0.6 is 0 Å². The van der Waals surface area contributed by atoms with Gasteiger partial charge in [0.05, 0.1) is 5.56 Å². The Labute approximate surface area is 211 Å². The summed E-state index contributed by atoms with van der Waals surface area (Å²) in [6.07, 6.45) is 0.861. The van der Waals surface area contributed by atoms with E-state index in [0.29, 0.717) is 17.1 Å². The lowest BCUT2D eigenvalue weighted by Gasteiger charge is -2.37. The molecule has 1 spiro atoms. The normalized spacial score (nSPS) is 17.5. The maximum Gasteiger partial charge on any atom is 0.340 e. The van der Waals surface area contributed by atoms with Gasteiger partial charge >= 0.3 is 5.97 Å².